The number of aryl methyl sites for hydroxylation is 2. The number of ether oxygens (including phenoxy) is 1. The number of pyridine rings is 1. The van der Waals surface area contributed by atoms with Gasteiger partial charge in [0.2, 0.25) is 5.91 Å². The van der Waals surface area contributed by atoms with E-state index < -0.39 is 0 Å². The largest absolute Gasteiger partial charge is 0.378 e. The van der Waals surface area contributed by atoms with E-state index in [1.54, 1.807) is 22.4 Å². The fourth-order valence-corrected chi connectivity index (χ4v) is 5.48. The maximum Gasteiger partial charge on any atom is 0.274 e. The average Bonchev–Trinajstić information content (AvgIpc) is 3.37. The Labute approximate surface area is 202 Å². The van der Waals surface area contributed by atoms with E-state index in [1.165, 1.54) is 0 Å². The summed E-state index contributed by atoms with van der Waals surface area (Å²) in [5, 5.41) is 5.72. The lowest BCUT2D eigenvalue weighted by molar-refractivity contribution is -0.131. The van der Waals surface area contributed by atoms with Crippen LogP contribution < -0.4 is 0 Å². The van der Waals surface area contributed by atoms with Crippen LogP contribution in [-0.4, -0.2) is 74.2 Å². The van der Waals surface area contributed by atoms with Crippen LogP contribution in [0.3, 0.4) is 0 Å². The summed E-state index contributed by atoms with van der Waals surface area (Å²) in [6.45, 7) is 7.54. The van der Waals surface area contributed by atoms with Crippen molar-refractivity contribution in [2.75, 3.05) is 32.8 Å². The molecule has 3 aromatic heterocycles. The Morgan fingerprint density at radius 2 is 1.94 bits per heavy atom. The van der Waals surface area contributed by atoms with Gasteiger partial charge in [-0.25, -0.2) is 4.98 Å². The van der Waals surface area contributed by atoms with Crippen molar-refractivity contribution in [2.45, 2.75) is 39.8 Å². The molecule has 10 heteroatoms. The van der Waals surface area contributed by atoms with Crippen molar-refractivity contribution >= 4 is 23.2 Å². The first-order valence-corrected chi connectivity index (χ1v) is 12.4. The lowest BCUT2D eigenvalue weighted by atomic mass is 10.0. The number of aromatic nitrogens is 4. The molecule has 2 aliphatic heterocycles. The van der Waals surface area contributed by atoms with Gasteiger partial charge in [0.05, 0.1) is 42.6 Å². The second-order valence-electron chi connectivity index (χ2n) is 8.64. The number of morpholine rings is 1. The minimum Gasteiger partial charge on any atom is -0.378 e. The fraction of sp³-hybridized carbons (Fsp3) is 0.458. The minimum absolute atomic E-state index is 0.0552. The van der Waals surface area contributed by atoms with Crippen LogP contribution in [0.4, 0.5) is 0 Å². The topological polar surface area (TPSA) is 93.5 Å². The molecule has 0 unspecified atom stereocenters. The van der Waals surface area contributed by atoms with Crippen LogP contribution >= 0.6 is 11.3 Å². The average molecular weight is 481 g/mol. The normalized spacial score (nSPS) is 15.9. The first-order chi connectivity index (χ1) is 16.5. The number of hydrogen-bond acceptors (Lipinski definition) is 7. The Bertz CT molecular complexity index is 1200. The third kappa shape index (κ3) is 4.60. The molecular weight excluding hydrogens is 452 g/mol. The molecule has 0 bridgehead atoms. The van der Waals surface area contributed by atoms with Gasteiger partial charge in [0.15, 0.2) is 5.69 Å². The van der Waals surface area contributed by atoms with Crippen LogP contribution in [0.5, 0.6) is 0 Å². The highest BCUT2D eigenvalue weighted by Gasteiger charge is 2.32. The summed E-state index contributed by atoms with van der Waals surface area (Å²) < 4.78 is 7.31. The van der Waals surface area contributed by atoms with Crippen molar-refractivity contribution in [3.63, 3.8) is 0 Å². The van der Waals surface area contributed by atoms with E-state index >= 15 is 0 Å². The summed E-state index contributed by atoms with van der Waals surface area (Å²) in [6.07, 6.45) is 2.74. The molecule has 2 amide bonds. The lowest BCUT2D eigenvalue weighted by Gasteiger charge is -2.29. The van der Waals surface area contributed by atoms with E-state index in [9.17, 15) is 9.59 Å². The number of thiazole rings is 1. The molecule has 3 aromatic rings. The molecular formula is C24H28N6O3S. The maximum absolute atomic E-state index is 13.4. The highest BCUT2D eigenvalue weighted by molar-refractivity contribution is 7.11. The summed E-state index contributed by atoms with van der Waals surface area (Å²) in [5.74, 6) is -0.0396. The van der Waals surface area contributed by atoms with E-state index in [4.69, 9.17) is 9.84 Å². The first-order valence-electron chi connectivity index (χ1n) is 11.6. The van der Waals surface area contributed by atoms with Gasteiger partial charge >= 0.3 is 0 Å². The van der Waals surface area contributed by atoms with Crippen molar-refractivity contribution < 1.29 is 14.3 Å². The number of rotatable bonds is 5. The van der Waals surface area contributed by atoms with E-state index in [1.807, 2.05) is 41.6 Å². The Balaban J connectivity index is 1.42. The molecule has 0 spiro atoms. The van der Waals surface area contributed by atoms with Gasteiger partial charge in [-0.3, -0.25) is 19.3 Å². The van der Waals surface area contributed by atoms with Gasteiger partial charge in [-0.2, -0.15) is 5.10 Å². The Morgan fingerprint density at radius 3 is 2.65 bits per heavy atom. The number of fused-ring (bicyclic) bond motifs is 1. The standard InChI is InChI=1S/C24H28N6O3S/c1-16-21(34-17(2)26-16)13-22(31)29-8-6-20-19(15-29)23(24(32)28-9-11-33-12-10-28)27-30(20)14-18-5-3-4-7-25-18/h3-5,7H,6,8-15H2,1-2H3. The van der Waals surface area contributed by atoms with Crippen molar-refractivity contribution in [3.8, 4) is 0 Å². The number of amides is 2. The molecule has 0 N–H and O–H groups in total. The summed E-state index contributed by atoms with van der Waals surface area (Å²) >= 11 is 1.57. The van der Waals surface area contributed by atoms with Crippen molar-refractivity contribution in [1.82, 2.24) is 29.5 Å². The molecule has 1 fully saturated rings. The third-order valence-electron chi connectivity index (χ3n) is 6.34. The molecule has 2 aliphatic rings. The Kier molecular flexibility index (Phi) is 6.42. The first kappa shape index (κ1) is 22.7. The number of hydrogen-bond donors (Lipinski definition) is 0. The van der Waals surface area contributed by atoms with E-state index in [0.717, 1.165) is 32.5 Å². The maximum atomic E-state index is 13.4. The van der Waals surface area contributed by atoms with Crippen LogP contribution in [0.25, 0.3) is 0 Å². The molecule has 0 radical (unpaired) electrons. The molecule has 0 aliphatic carbocycles. The second-order valence-corrected chi connectivity index (χ2v) is 9.93. The molecule has 34 heavy (non-hydrogen) atoms. The van der Waals surface area contributed by atoms with Gasteiger partial charge in [0.1, 0.15) is 0 Å². The predicted molar refractivity (Wildman–Crippen MR) is 127 cm³/mol. The molecule has 1 saturated heterocycles. The lowest BCUT2D eigenvalue weighted by Crippen LogP contribution is -2.42. The summed E-state index contributed by atoms with van der Waals surface area (Å²) in [7, 11) is 0. The molecule has 178 valence electrons. The number of carbonyl (C=O) groups is 2. The van der Waals surface area contributed by atoms with Crippen LogP contribution in [0.2, 0.25) is 0 Å². The molecule has 0 atom stereocenters. The summed E-state index contributed by atoms with van der Waals surface area (Å²) in [4.78, 5) is 40.1. The van der Waals surface area contributed by atoms with E-state index in [0.29, 0.717) is 64.5 Å². The third-order valence-corrected chi connectivity index (χ3v) is 7.41. The van der Waals surface area contributed by atoms with Crippen LogP contribution in [0.1, 0.15) is 43.0 Å². The molecule has 0 saturated carbocycles. The van der Waals surface area contributed by atoms with Gasteiger partial charge in [0, 0.05) is 54.9 Å². The van der Waals surface area contributed by atoms with Gasteiger partial charge in [-0.15, -0.1) is 11.3 Å². The van der Waals surface area contributed by atoms with Crippen LogP contribution in [0.15, 0.2) is 24.4 Å². The number of carbonyl (C=O) groups excluding carboxylic acids is 2. The quantitative estimate of drug-likeness (QED) is 0.555. The van der Waals surface area contributed by atoms with Gasteiger partial charge in [-0.1, -0.05) is 6.07 Å². The molecule has 5 rings (SSSR count). The fourth-order valence-electron chi connectivity index (χ4n) is 4.55. The number of nitrogens with zero attached hydrogens (tertiary/aromatic N) is 6. The molecule has 9 nitrogen and oxygen atoms in total. The SMILES string of the molecule is Cc1nc(C)c(CC(=O)N2CCc3c(c(C(=O)N4CCOCC4)nn3Cc3ccccn3)C2)s1. The highest BCUT2D eigenvalue weighted by Crippen LogP contribution is 2.26. The van der Waals surface area contributed by atoms with E-state index in [-0.39, 0.29) is 11.8 Å². The Morgan fingerprint density at radius 1 is 1.12 bits per heavy atom. The van der Waals surface area contributed by atoms with Gasteiger partial charge in [-0.05, 0) is 26.0 Å². The summed E-state index contributed by atoms with van der Waals surface area (Å²) in [6, 6.07) is 5.78. The minimum atomic E-state index is -0.0949. The van der Waals surface area contributed by atoms with Crippen LogP contribution in [0, 0.1) is 13.8 Å². The zero-order chi connectivity index (χ0) is 23.7. The van der Waals surface area contributed by atoms with Crippen molar-refractivity contribution in [3.05, 3.63) is 62.6 Å². The summed E-state index contributed by atoms with van der Waals surface area (Å²) in [5.41, 5.74) is 4.10. The van der Waals surface area contributed by atoms with E-state index in [2.05, 4.69) is 9.97 Å². The molecule has 0 aromatic carbocycles. The Hall–Kier alpha value is -3.11. The van der Waals surface area contributed by atoms with Gasteiger partial charge in [0.25, 0.3) is 5.91 Å². The van der Waals surface area contributed by atoms with Crippen molar-refractivity contribution in [2.24, 2.45) is 0 Å². The monoisotopic (exact) mass is 480 g/mol. The smallest absolute Gasteiger partial charge is 0.274 e. The zero-order valence-electron chi connectivity index (χ0n) is 19.5. The van der Waals surface area contributed by atoms with Crippen molar-refractivity contribution in [1.29, 1.82) is 0 Å². The molecule has 5 heterocycles. The van der Waals surface area contributed by atoms with Crippen LogP contribution in [-0.2, 0) is 35.5 Å². The zero-order valence-corrected chi connectivity index (χ0v) is 20.3. The predicted octanol–water partition coefficient (Wildman–Crippen LogP) is 2.00. The second kappa shape index (κ2) is 9.63. The highest BCUT2D eigenvalue weighted by atomic mass is 32.1. The van der Waals surface area contributed by atoms with Gasteiger partial charge < -0.3 is 14.5 Å².